The molecule has 56 valence electrons. The van der Waals surface area contributed by atoms with E-state index in [9.17, 15) is 9.90 Å². The average Bonchev–Trinajstić information content (AvgIpc) is 2.10. The van der Waals surface area contributed by atoms with Gasteiger partial charge in [-0.15, -0.1) is 0 Å². The Labute approximate surface area is 60.6 Å². The predicted molar refractivity (Wildman–Crippen MR) is 38.6 cm³/mol. The van der Waals surface area contributed by atoms with E-state index in [-0.39, 0.29) is 5.78 Å². The molecule has 1 aliphatic rings. The standard InChI is InChI=1S/C8H12O2/c1-6(9)7-3-4-8(2,10)5-7/h5,10H,3-4H2,1-2H3. The number of allylic oxidation sites excluding steroid dienone is 1. The molecule has 2 nitrogen and oxygen atoms in total. The van der Waals surface area contributed by atoms with Gasteiger partial charge >= 0.3 is 0 Å². The van der Waals surface area contributed by atoms with Gasteiger partial charge in [0.05, 0.1) is 5.60 Å². The molecule has 0 saturated carbocycles. The highest BCUT2D eigenvalue weighted by atomic mass is 16.3. The lowest BCUT2D eigenvalue weighted by atomic mass is 10.1. The van der Waals surface area contributed by atoms with Crippen LogP contribution in [0.5, 0.6) is 0 Å². The van der Waals surface area contributed by atoms with Crippen LogP contribution in [-0.2, 0) is 4.79 Å². The van der Waals surface area contributed by atoms with Gasteiger partial charge in [-0.1, -0.05) is 0 Å². The zero-order valence-corrected chi connectivity index (χ0v) is 6.35. The number of ketones is 1. The zero-order chi connectivity index (χ0) is 7.78. The Balaban J connectivity index is 2.76. The van der Waals surface area contributed by atoms with Crippen molar-refractivity contribution in [2.45, 2.75) is 32.3 Å². The van der Waals surface area contributed by atoms with Gasteiger partial charge in [0.25, 0.3) is 0 Å². The summed E-state index contributed by atoms with van der Waals surface area (Å²) in [5, 5.41) is 9.39. The van der Waals surface area contributed by atoms with Gasteiger partial charge in [-0.2, -0.15) is 0 Å². The Morgan fingerprint density at radius 1 is 1.80 bits per heavy atom. The number of aliphatic hydroxyl groups is 1. The van der Waals surface area contributed by atoms with E-state index in [0.29, 0.717) is 6.42 Å². The second-order valence-corrected chi connectivity index (χ2v) is 3.08. The maximum absolute atomic E-state index is 10.8. The van der Waals surface area contributed by atoms with E-state index in [4.69, 9.17) is 0 Å². The number of carbonyl (C=O) groups is 1. The second kappa shape index (κ2) is 2.20. The highest BCUT2D eigenvalue weighted by Crippen LogP contribution is 2.27. The highest BCUT2D eigenvalue weighted by molar-refractivity contribution is 5.93. The molecule has 0 saturated heterocycles. The molecule has 0 spiro atoms. The van der Waals surface area contributed by atoms with Gasteiger partial charge in [-0.3, -0.25) is 4.79 Å². The van der Waals surface area contributed by atoms with Gasteiger partial charge < -0.3 is 5.11 Å². The lowest BCUT2D eigenvalue weighted by molar-refractivity contribution is -0.113. The molecule has 0 radical (unpaired) electrons. The van der Waals surface area contributed by atoms with Crippen LogP contribution in [0.2, 0.25) is 0 Å². The van der Waals surface area contributed by atoms with Crippen molar-refractivity contribution in [3.63, 3.8) is 0 Å². The summed E-state index contributed by atoms with van der Waals surface area (Å²) in [4.78, 5) is 10.8. The first kappa shape index (κ1) is 7.48. The Kier molecular flexibility index (Phi) is 1.65. The van der Waals surface area contributed by atoms with E-state index >= 15 is 0 Å². The van der Waals surface area contributed by atoms with Crippen molar-refractivity contribution >= 4 is 5.78 Å². The summed E-state index contributed by atoms with van der Waals surface area (Å²) in [6, 6.07) is 0. The fourth-order valence-corrected chi connectivity index (χ4v) is 1.19. The van der Waals surface area contributed by atoms with Crippen molar-refractivity contribution in [1.82, 2.24) is 0 Å². The molecule has 1 aliphatic carbocycles. The summed E-state index contributed by atoms with van der Waals surface area (Å²) in [7, 11) is 0. The van der Waals surface area contributed by atoms with Crippen LogP contribution in [0.3, 0.4) is 0 Å². The maximum Gasteiger partial charge on any atom is 0.155 e. The summed E-state index contributed by atoms with van der Waals surface area (Å²) in [5.41, 5.74) is 0.0334. The van der Waals surface area contributed by atoms with Crippen molar-refractivity contribution in [2.24, 2.45) is 0 Å². The summed E-state index contributed by atoms with van der Waals surface area (Å²) >= 11 is 0. The van der Waals surface area contributed by atoms with Crippen LogP contribution in [0.4, 0.5) is 0 Å². The van der Waals surface area contributed by atoms with Gasteiger partial charge in [0.1, 0.15) is 0 Å². The third-order valence-corrected chi connectivity index (χ3v) is 1.84. The van der Waals surface area contributed by atoms with Crippen molar-refractivity contribution < 1.29 is 9.90 Å². The Bertz CT molecular complexity index is 189. The number of carbonyl (C=O) groups excluding carboxylic acids is 1. The molecule has 1 atom stereocenters. The summed E-state index contributed by atoms with van der Waals surface area (Å²) in [6.45, 7) is 3.26. The van der Waals surface area contributed by atoms with Gasteiger partial charge in [0, 0.05) is 0 Å². The minimum atomic E-state index is -0.735. The first-order chi connectivity index (χ1) is 4.51. The van der Waals surface area contributed by atoms with Crippen LogP contribution >= 0.6 is 0 Å². The minimum Gasteiger partial charge on any atom is -0.386 e. The first-order valence-electron chi connectivity index (χ1n) is 3.46. The molecule has 0 fully saturated rings. The number of hydrogen-bond acceptors (Lipinski definition) is 2. The molecular weight excluding hydrogens is 128 g/mol. The normalized spacial score (nSPS) is 32.1. The van der Waals surface area contributed by atoms with Crippen molar-refractivity contribution in [1.29, 1.82) is 0 Å². The lowest BCUT2D eigenvalue weighted by Crippen LogP contribution is -2.15. The van der Waals surface area contributed by atoms with E-state index in [2.05, 4.69) is 0 Å². The van der Waals surface area contributed by atoms with Gasteiger partial charge in [0.2, 0.25) is 0 Å². The third kappa shape index (κ3) is 1.45. The summed E-state index contributed by atoms with van der Waals surface area (Å²) < 4.78 is 0. The van der Waals surface area contributed by atoms with E-state index in [0.717, 1.165) is 12.0 Å². The van der Waals surface area contributed by atoms with E-state index in [1.165, 1.54) is 6.92 Å². The van der Waals surface area contributed by atoms with Crippen molar-refractivity contribution in [3.05, 3.63) is 11.6 Å². The first-order valence-corrected chi connectivity index (χ1v) is 3.46. The van der Waals surface area contributed by atoms with Crippen LogP contribution in [-0.4, -0.2) is 16.5 Å². The molecule has 2 heteroatoms. The minimum absolute atomic E-state index is 0.0813. The van der Waals surface area contributed by atoms with E-state index in [1.54, 1.807) is 13.0 Å². The predicted octanol–water partition coefficient (Wildman–Crippen LogP) is 1.05. The van der Waals surface area contributed by atoms with Crippen LogP contribution in [0.15, 0.2) is 11.6 Å². The third-order valence-electron chi connectivity index (χ3n) is 1.84. The van der Waals surface area contributed by atoms with Crippen LogP contribution in [0.1, 0.15) is 26.7 Å². The average molecular weight is 140 g/mol. The largest absolute Gasteiger partial charge is 0.386 e. The lowest BCUT2D eigenvalue weighted by Gasteiger charge is -2.10. The highest BCUT2D eigenvalue weighted by Gasteiger charge is 2.26. The molecule has 10 heavy (non-hydrogen) atoms. The zero-order valence-electron chi connectivity index (χ0n) is 6.35. The molecule has 0 bridgehead atoms. The van der Waals surface area contributed by atoms with Gasteiger partial charge in [-0.05, 0) is 38.3 Å². The molecule has 0 aromatic rings. The van der Waals surface area contributed by atoms with Crippen molar-refractivity contribution in [3.8, 4) is 0 Å². The second-order valence-electron chi connectivity index (χ2n) is 3.08. The molecule has 0 aromatic heterocycles. The molecule has 0 heterocycles. The van der Waals surface area contributed by atoms with Crippen LogP contribution < -0.4 is 0 Å². The van der Waals surface area contributed by atoms with Crippen LogP contribution in [0, 0.1) is 0 Å². The Morgan fingerprint density at radius 3 is 2.60 bits per heavy atom. The molecule has 1 rings (SSSR count). The molecule has 0 aromatic carbocycles. The van der Waals surface area contributed by atoms with E-state index < -0.39 is 5.60 Å². The Hall–Kier alpha value is -0.630. The smallest absolute Gasteiger partial charge is 0.155 e. The topological polar surface area (TPSA) is 37.3 Å². The van der Waals surface area contributed by atoms with Gasteiger partial charge in [-0.25, -0.2) is 0 Å². The molecule has 1 unspecified atom stereocenters. The maximum atomic E-state index is 10.8. The quantitative estimate of drug-likeness (QED) is 0.591. The summed E-state index contributed by atoms with van der Waals surface area (Å²) in [6.07, 6.45) is 3.07. The molecule has 0 aliphatic heterocycles. The van der Waals surface area contributed by atoms with Gasteiger partial charge in [0.15, 0.2) is 5.78 Å². The molecular formula is C8H12O2. The van der Waals surface area contributed by atoms with Crippen LogP contribution in [0.25, 0.3) is 0 Å². The fraction of sp³-hybridized carbons (Fsp3) is 0.625. The Morgan fingerprint density at radius 2 is 2.40 bits per heavy atom. The number of Topliss-reactive ketones (excluding diaryl/α,β-unsaturated/α-hetero) is 1. The van der Waals surface area contributed by atoms with Crippen molar-refractivity contribution in [2.75, 3.05) is 0 Å². The summed E-state index contributed by atoms with van der Waals surface area (Å²) in [5.74, 6) is 0.0813. The molecule has 1 N–H and O–H groups in total. The molecule has 0 amide bonds. The number of rotatable bonds is 1. The number of hydrogen-bond donors (Lipinski definition) is 1. The SMILES string of the molecule is CC(=O)C1=CC(C)(O)CC1. The van der Waals surface area contributed by atoms with E-state index in [1.807, 2.05) is 0 Å². The monoisotopic (exact) mass is 140 g/mol. The fourth-order valence-electron chi connectivity index (χ4n) is 1.19.